The lowest BCUT2D eigenvalue weighted by molar-refractivity contribution is -0.139. The number of hydrogen-bond acceptors (Lipinski definition) is 6. The molecule has 3 aromatic rings. The second-order valence-electron chi connectivity index (χ2n) is 8.93. The van der Waals surface area contributed by atoms with Crippen LogP contribution in [0.1, 0.15) is 30.9 Å². The van der Waals surface area contributed by atoms with Gasteiger partial charge in [0.1, 0.15) is 11.6 Å². The standard InChI is InChI=1S/C26H30N2O5/c1-26(17-21(27)25(30)31,11-10-18-6-3-2-4-7-18)20-9-5-8-19-22(29)16-23(33-24(19)20)28-12-14-32-15-13-28/h2-9,16,21H,10-15,17,27H2,1H3,(H,30,31). The number of hydrogen-bond donors (Lipinski definition) is 2. The minimum Gasteiger partial charge on any atom is -0.480 e. The molecule has 33 heavy (non-hydrogen) atoms. The summed E-state index contributed by atoms with van der Waals surface area (Å²) in [6.07, 6.45) is 1.62. The monoisotopic (exact) mass is 450 g/mol. The first-order valence-electron chi connectivity index (χ1n) is 11.3. The molecule has 1 saturated heterocycles. The number of carbonyl (C=O) groups is 1. The van der Waals surface area contributed by atoms with E-state index >= 15 is 0 Å². The number of rotatable bonds is 8. The van der Waals surface area contributed by atoms with Crippen LogP contribution in [0.15, 0.2) is 63.8 Å². The van der Waals surface area contributed by atoms with Crippen molar-refractivity contribution in [3.63, 3.8) is 0 Å². The molecule has 0 amide bonds. The zero-order valence-corrected chi connectivity index (χ0v) is 18.8. The van der Waals surface area contributed by atoms with Gasteiger partial charge in [-0.3, -0.25) is 9.59 Å². The molecule has 174 valence electrons. The highest BCUT2D eigenvalue weighted by molar-refractivity contribution is 5.82. The van der Waals surface area contributed by atoms with Crippen LogP contribution < -0.4 is 16.1 Å². The van der Waals surface area contributed by atoms with E-state index in [9.17, 15) is 14.7 Å². The van der Waals surface area contributed by atoms with Gasteiger partial charge in [0.25, 0.3) is 0 Å². The first-order chi connectivity index (χ1) is 15.9. The fraction of sp³-hybridized carbons (Fsp3) is 0.385. The van der Waals surface area contributed by atoms with E-state index in [2.05, 4.69) is 12.1 Å². The van der Waals surface area contributed by atoms with Gasteiger partial charge in [0, 0.05) is 24.7 Å². The minimum atomic E-state index is -1.04. The number of carboxylic acids is 1. The van der Waals surface area contributed by atoms with E-state index < -0.39 is 17.4 Å². The summed E-state index contributed by atoms with van der Waals surface area (Å²) in [5.74, 6) is -0.534. The molecule has 7 heteroatoms. The molecule has 2 atom stereocenters. The van der Waals surface area contributed by atoms with Crippen LogP contribution in [-0.4, -0.2) is 43.4 Å². The second kappa shape index (κ2) is 9.77. The van der Waals surface area contributed by atoms with E-state index in [0.29, 0.717) is 49.6 Å². The molecule has 0 bridgehead atoms. The predicted octanol–water partition coefficient (Wildman–Crippen LogP) is 3.32. The van der Waals surface area contributed by atoms with Crippen LogP contribution in [0.3, 0.4) is 0 Å². The summed E-state index contributed by atoms with van der Waals surface area (Å²) in [6.45, 7) is 4.45. The number of fused-ring (bicyclic) bond motifs is 1. The molecule has 7 nitrogen and oxygen atoms in total. The van der Waals surface area contributed by atoms with Crippen LogP contribution in [0.4, 0.5) is 5.88 Å². The summed E-state index contributed by atoms with van der Waals surface area (Å²) in [5.41, 5.74) is 7.74. The molecule has 1 aromatic heterocycles. The van der Waals surface area contributed by atoms with Crippen molar-refractivity contribution in [2.24, 2.45) is 5.73 Å². The van der Waals surface area contributed by atoms with E-state index in [1.807, 2.05) is 42.2 Å². The van der Waals surface area contributed by atoms with Gasteiger partial charge in [0.05, 0.1) is 18.6 Å². The number of para-hydroxylation sites is 1. The summed E-state index contributed by atoms with van der Waals surface area (Å²) in [4.78, 5) is 26.6. The average Bonchev–Trinajstić information content (AvgIpc) is 2.83. The second-order valence-corrected chi connectivity index (χ2v) is 8.93. The van der Waals surface area contributed by atoms with Gasteiger partial charge in [-0.1, -0.05) is 49.4 Å². The summed E-state index contributed by atoms with van der Waals surface area (Å²) in [6, 6.07) is 16.1. The zero-order valence-electron chi connectivity index (χ0n) is 18.8. The largest absolute Gasteiger partial charge is 0.480 e. The van der Waals surface area contributed by atoms with Crippen molar-refractivity contribution in [3.8, 4) is 0 Å². The van der Waals surface area contributed by atoms with Crippen molar-refractivity contribution in [1.82, 2.24) is 0 Å². The fourth-order valence-corrected chi connectivity index (χ4v) is 4.56. The van der Waals surface area contributed by atoms with Gasteiger partial charge in [-0.05, 0) is 36.3 Å². The Morgan fingerprint density at radius 3 is 2.58 bits per heavy atom. The number of nitrogens with two attached hydrogens (primary N) is 1. The summed E-state index contributed by atoms with van der Waals surface area (Å²) in [5, 5.41) is 10.0. The Labute approximate surface area is 192 Å². The first kappa shape index (κ1) is 23.0. The van der Waals surface area contributed by atoms with E-state index in [1.165, 1.54) is 6.07 Å². The summed E-state index contributed by atoms with van der Waals surface area (Å²) in [7, 11) is 0. The molecule has 3 N–H and O–H groups in total. The molecular formula is C26H30N2O5. The number of carboxylic acid groups (broad SMARTS) is 1. The molecule has 2 aromatic carbocycles. The number of aryl methyl sites for hydroxylation is 1. The minimum absolute atomic E-state index is 0.118. The van der Waals surface area contributed by atoms with Crippen LogP contribution in [0.25, 0.3) is 11.0 Å². The van der Waals surface area contributed by atoms with Gasteiger partial charge >= 0.3 is 5.97 Å². The molecule has 2 unspecified atom stereocenters. The van der Waals surface area contributed by atoms with Crippen LogP contribution >= 0.6 is 0 Å². The maximum atomic E-state index is 13.0. The molecule has 2 heterocycles. The highest BCUT2D eigenvalue weighted by atomic mass is 16.5. The maximum absolute atomic E-state index is 13.0. The van der Waals surface area contributed by atoms with E-state index in [1.54, 1.807) is 6.07 Å². The Kier molecular flexibility index (Phi) is 6.81. The Hall–Kier alpha value is -3.16. The Morgan fingerprint density at radius 2 is 1.88 bits per heavy atom. The molecule has 0 saturated carbocycles. The molecule has 1 aliphatic heterocycles. The number of anilines is 1. The van der Waals surface area contributed by atoms with Crippen molar-refractivity contribution >= 4 is 22.8 Å². The van der Waals surface area contributed by atoms with Crippen LogP contribution in [0.5, 0.6) is 0 Å². The highest BCUT2D eigenvalue weighted by Gasteiger charge is 2.34. The quantitative estimate of drug-likeness (QED) is 0.542. The lowest BCUT2D eigenvalue weighted by atomic mass is 9.72. The number of morpholine rings is 1. The molecule has 0 radical (unpaired) electrons. The third-order valence-electron chi connectivity index (χ3n) is 6.51. The Balaban J connectivity index is 1.79. The van der Waals surface area contributed by atoms with Gasteiger partial charge in [-0.2, -0.15) is 0 Å². The van der Waals surface area contributed by atoms with Gasteiger partial charge in [0.2, 0.25) is 0 Å². The van der Waals surface area contributed by atoms with Crippen molar-refractivity contribution in [3.05, 3.63) is 75.9 Å². The molecule has 1 fully saturated rings. The normalized spacial score (nSPS) is 17.0. The van der Waals surface area contributed by atoms with Gasteiger partial charge in [-0.15, -0.1) is 0 Å². The molecular weight excluding hydrogens is 420 g/mol. The van der Waals surface area contributed by atoms with Crippen LogP contribution in [0.2, 0.25) is 0 Å². The number of ether oxygens (including phenoxy) is 1. The summed E-state index contributed by atoms with van der Waals surface area (Å²) >= 11 is 0. The van der Waals surface area contributed by atoms with Gasteiger partial charge in [-0.25, -0.2) is 0 Å². The van der Waals surface area contributed by atoms with Crippen LogP contribution in [-0.2, 0) is 21.4 Å². The van der Waals surface area contributed by atoms with Gasteiger partial charge < -0.3 is 24.9 Å². The average molecular weight is 451 g/mol. The molecule has 0 aliphatic carbocycles. The molecule has 1 aliphatic rings. The van der Waals surface area contributed by atoms with E-state index in [4.69, 9.17) is 14.9 Å². The SMILES string of the molecule is CC(CCc1ccccc1)(CC(N)C(=O)O)c1cccc2c(=O)cc(N3CCOCC3)oc12. The Bertz CT molecular complexity index is 1170. The van der Waals surface area contributed by atoms with E-state index in [-0.39, 0.29) is 11.8 Å². The predicted molar refractivity (Wildman–Crippen MR) is 128 cm³/mol. The maximum Gasteiger partial charge on any atom is 0.320 e. The van der Waals surface area contributed by atoms with Crippen molar-refractivity contribution < 1.29 is 19.1 Å². The smallest absolute Gasteiger partial charge is 0.320 e. The molecule has 4 rings (SSSR count). The fourth-order valence-electron chi connectivity index (χ4n) is 4.56. The first-order valence-corrected chi connectivity index (χ1v) is 11.3. The Morgan fingerprint density at radius 1 is 1.15 bits per heavy atom. The van der Waals surface area contributed by atoms with E-state index in [0.717, 1.165) is 17.5 Å². The third kappa shape index (κ3) is 5.10. The topological polar surface area (TPSA) is 106 Å². The highest BCUT2D eigenvalue weighted by Crippen LogP contribution is 2.38. The number of benzene rings is 2. The lowest BCUT2D eigenvalue weighted by Gasteiger charge is -2.33. The summed E-state index contributed by atoms with van der Waals surface area (Å²) < 4.78 is 11.8. The van der Waals surface area contributed by atoms with Crippen molar-refractivity contribution in [1.29, 1.82) is 0 Å². The van der Waals surface area contributed by atoms with Crippen molar-refractivity contribution in [2.75, 3.05) is 31.2 Å². The van der Waals surface area contributed by atoms with Gasteiger partial charge in [0.15, 0.2) is 11.3 Å². The zero-order chi connectivity index (χ0) is 23.4. The van der Waals surface area contributed by atoms with Crippen molar-refractivity contribution in [2.45, 2.75) is 37.6 Å². The number of aliphatic carboxylic acids is 1. The lowest BCUT2D eigenvalue weighted by Crippen LogP contribution is -2.39. The number of nitrogens with zero attached hydrogens (tertiary/aromatic N) is 1. The van der Waals surface area contributed by atoms with Crippen LogP contribution in [0, 0.1) is 0 Å². The third-order valence-corrected chi connectivity index (χ3v) is 6.51. The molecule has 0 spiro atoms.